The molecule has 7 heteroatoms. The van der Waals surface area contributed by atoms with Crippen molar-refractivity contribution in [3.8, 4) is 11.8 Å². The summed E-state index contributed by atoms with van der Waals surface area (Å²) in [5.41, 5.74) is -0.596. The van der Waals surface area contributed by atoms with Gasteiger partial charge in [0.2, 0.25) is 5.91 Å². The number of methoxy groups -OCH3 is 1. The number of carbonyl (C=O) groups is 3. The summed E-state index contributed by atoms with van der Waals surface area (Å²) in [6, 6.07) is 2.78. The topological polar surface area (TPSA) is 72.9 Å². The zero-order chi connectivity index (χ0) is 18.6. The highest BCUT2D eigenvalue weighted by molar-refractivity contribution is 7.14. The molecular formula is C18H21NO5S. The largest absolute Gasteiger partial charge is 0.465 e. The number of ether oxygens (including phenoxy) is 2. The number of rotatable bonds is 3. The van der Waals surface area contributed by atoms with E-state index in [1.165, 1.54) is 23.3 Å². The summed E-state index contributed by atoms with van der Waals surface area (Å²) in [5.74, 6) is 4.90. The van der Waals surface area contributed by atoms with Crippen LogP contribution in [0.1, 0.15) is 48.2 Å². The molecule has 1 atom stereocenters. The van der Waals surface area contributed by atoms with Crippen LogP contribution in [0.25, 0.3) is 0 Å². The third-order valence-corrected chi connectivity index (χ3v) is 4.44. The Morgan fingerprint density at radius 3 is 2.72 bits per heavy atom. The Hall–Kier alpha value is -2.33. The van der Waals surface area contributed by atoms with Crippen LogP contribution in [-0.2, 0) is 19.1 Å². The summed E-state index contributed by atoms with van der Waals surface area (Å²) in [7, 11) is 1.32. The second-order valence-electron chi connectivity index (χ2n) is 6.57. The minimum atomic E-state index is -0.596. The quantitative estimate of drug-likeness (QED) is 0.608. The van der Waals surface area contributed by atoms with Crippen LogP contribution in [0.4, 0.5) is 0 Å². The van der Waals surface area contributed by atoms with E-state index in [9.17, 15) is 14.4 Å². The van der Waals surface area contributed by atoms with Crippen LogP contribution in [0.2, 0.25) is 0 Å². The van der Waals surface area contributed by atoms with Crippen LogP contribution in [-0.4, -0.2) is 48.0 Å². The molecule has 1 aromatic rings. The zero-order valence-corrected chi connectivity index (χ0v) is 15.6. The summed E-state index contributed by atoms with van der Waals surface area (Å²) in [6.07, 6.45) is 0.762. The van der Waals surface area contributed by atoms with E-state index in [1.54, 1.807) is 32.9 Å². The molecule has 1 fully saturated rings. The summed E-state index contributed by atoms with van der Waals surface area (Å²) >= 11 is 1.22. The van der Waals surface area contributed by atoms with Gasteiger partial charge in [0.1, 0.15) is 16.5 Å². The number of hydrogen-bond acceptors (Lipinski definition) is 6. The Morgan fingerprint density at radius 1 is 1.36 bits per heavy atom. The Kier molecular flexibility index (Phi) is 5.85. The van der Waals surface area contributed by atoms with Gasteiger partial charge in [0, 0.05) is 6.42 Å². The zero-order valence-electron chi connectivity index (χ0n) is 14.8. The molecule has 1 aliphatic heterocycles. The van der Waals surface area contributed by atoms with E-state index in [0.29, 0.717) is 22.6 Å². The minimum Gasteiger partial charge on any atom is -0.465 e. The lowest BCUT2D eigenvalue weighted by Gasteiger charge is -2.26. The molecule has 0 spiro atoms. The molecule has 25 heavy (non-hydrogen) atoms. The van der Waals surface area contributed by atoms with Crippen LogP contribution in [0.5, 0.6) is 0 Å². The van der Waals surface area contributed by atoms with Gasteiger partial charge in [-0.3, -0.25) is 4.79 Å². The number of nitrogens with zero attached hydrogens (tertiary/aromatic N) is 1. The molecule has 1 aliphatic rings. The fourth-order valence-electron chi connectivity index (χ4n) is 2.37. The molecule has 1 saturated heterocycles. The fourth-order valence-corrected chi connectivity index (χ4v) is 3.17. The SMILES string of the molecule is COC(=O)c1ccc(C#CCN2C(=O)CC[C@@H]2C(=O)OC(C)(C)C)s1. The lowest BCUT2D eigenvalue weighted by Crippen LogP contribution is -2.42. The highest BCUT2D eigenvalue weighted by Gasteiger charge is 2.38. The molecule has 0 saturated carbocycles. The molecule has 134 valence electrons. The second-order valence-corrected chi connectivity index (χ2v) is 7.65. The Labute approximate surface area is 151 Å². The number of hydrogen-bond donors (Lipinski definition) is 0. The number of esters is 2. The molecule has 6 nitrogen and oxygen atoms in total. The van der Waals surface area contributed by atoms with Gasteiger partial charge in [0.15, 0.2) is 0 Å². The van der Waals surface area contributed by atoms with Crippen molar-refractivity contribution in [1.29, 1.82) is 0 Å². The monoisotopic (exact) mass is 363 g/mol. The van der Waals surface area contributed by atoms with Gasteiger partial charge in [-0.25, -0.2) is 9.59 Å². The van der Waals surface area contributed by atoms with Crippen molar-refractivity contribution in [2.75, 3.05) is 13.7 Å². The molecule has 0 unspecified atom stereocenters. The Bertz CT molecular complexity index is 735. The van der Waals surface area contributed by atoms with Crippen molar-refractivity contribution in [2.24, 2.45) is 0 Å². The maximum atomic E-state index is 12.2. The molecule has 1 aromatic heterocycles. The molecule has 2 rings (SSSR count). The van der Waals surface area contributed by atoms with Crippen molar-refractivity contribution in [3.05, 3.63) is 21.9 Å². The standard InChI is InChI=1S/C18H21NO5S/c1-18(2,3)24-16(21)13-8-10-15(20)19(13)11-5-6-12-7-9-14(25-12)17(22)23-4/h7,9,13H,8,10-11H2,1-4H3/t13-/m1/s1. The average Bonchev–Trinajstić information content (AvgIpc) is 3.12. The molecular weight excluding hydrogens is 342 g/mol. The Balaban J connectivity index is 2.03. The predicted molar refractivity (Wildman–Crippen MR) is 93.1 cm³/mol. The lowest BCUT2D eigenvalue weighted by atomic mass is 10.1. The number of likely N-dealkylation sites (tertiary alicyclic amines) is 1. The van der Waals surface area contributed by atoms with Crippen molar-refractivity contribution < 1.29 is 23.9 Å². The van der Waals surface area contributed by atoms with Crippen LogP contribution in [0.3, 0.4) is 0 Å². The normalized spacial score (nSPS) is 17.0. The summed E-state index contributed by atoms with van der Waals surface area (Å²) in [5, 5.41) is 0. The van der Waals surface area contributed by atoms with Crippen LogP contribution < -0.4 is 0 Å². The van der Waals surface area contributed by atoms with E-state index < -0.39 is 23.6 Å². The first-order chi connectivity index (χ1) is 11.7. The van der Waals surface area contributed by atoms with Crippen molar-refractivity contribution in [1.82, 2.24) is 4.90 Å². The molecule has 0 bridgehead atoms. The maximum absolute atomic E-state index is 12.2. The fraction of sp³-hybridized carbons (Fsp3) is 0.500. The van der Waals surface area contributed by atoms with Gasteiger partial charge in [-0.1, -0.05) is 11.8 Å². The second kappa shape index (κ2) is 7.70. The highest BCUT2D eigenvalue weighted by Crippen LogP contribution is 2.22. The number of carbonyl (C=O) groups excluding carboxylic acids is 3. The van der Waals surface area contributed by atoms with Crippen molar-refractivity contribution in [3.63, 3.8) is 0 Å². The van der Waals surface area contributed by atoms with Gasteiger partial charge in [0.25, 0.3) is 0 Å². The average molecular weight is 363 g/mol. The van der Waals surface area contributed by atoms with Gasteiger partial charge in [0.05, 0.1) is 18.5 Å². The van der Waals surface area contributed by atoms with Gasteiger partial charge < -0.3 is 14.4 Å². The van der Waals surface area contributed by atoms with E-state index >= 15 is 0 Å². The first-order valence-corrected chi connectivity index (χ1v) is 8.72. The van der Waals surface area contributed by atoms with Crippen LogP contribution in [0.15, 0.2) is 12.1 Å². The van der Waals surface area contributed by atoms with Crippen LogP contribution >= 0.6 is 11.3 Å². The minimum absolute atomic E-state index is 0.105. The smallest absolute Gasteiger partial charge is 0.348 e. The van der Waals surface area contributed by atoms with Gasteiger partial charge in [-0.2, -0.15) is 0 Å². The molecule has 0 N–H and O–H groups in total. The number of thiophene rings is 1. The van der Waals surface area contributed by atoms with E-state index in [0.717, 1.165) is 0 Å². The van der Waals surface area contributed by atoms with E-state index in [1.807, 2.05) is 0 Å². The van der Waals surface area contributed by atoms with Crippen molar-refractivity contribution in [2.45, 2.75) is 45.3 Å². The maximum Gasteiger partial charge on any atom is 0.348 e. The highest BCUT2D eigenvalue weighted by atomic mass is 32.1. The molecule has 0 radical (unpaired) electrons. The molecule has 1 amide bonds. The molecule has 0 aromatic carbocycles. The first kappa shape index (κ1) is 19.0. The lowest BCUT2D eigenvalue weighted by molar-refractivity contribution is -0.161. The van der Waals surface area contributed by atoms with E-state index in [-0.39, 0.29) is 12.5 Å². The van der Waals surface area contributed by atoms with Gasteiger partial charge in [-0.05, 0) is 39.3 Å². The third-order valence-electron chi connectivity index (χ3n) is 3.46. The first-order valence-electron chi connectivity index (χ1n) is 7.90. The molecule has 2 heterocycles. The van der Waals surface area contributed by atoms with Gasteiger partial charge >= 0.3 is 11.9 Å². The van der Waals surface area contributed by atoms with Crippen LogP contribution in [0, 0.1) is 11.8 Å². The van der Waals surface area contributed by atoms with E-state index in [4.69, 9.17) is 4.74 Å². The Morgan fingerprint density at radius 2 is 2.08 bits per heavy atom. The summed E-state index contributed by atoms with van der Waals surface area (Å²) in [6.45, 7) is 5.53. The predicted octanol–water partition coefficient (Wildman–Crippen LogP) is 2.22. The summed E-state index contributed by atoms with van der Waals surface area (Å²) < 4.78 is 10.0. The van der Waals surface area contributed by atoms with E-state index in [2.05, 4.69) is 16.6 Å². The van der Waals surface area contributed by atoms with Crippen molar-refractivity contribution >= 4 is 29.2 Å². The third kappa shape index (κ3) is 5.07. The molecule has 0 aliphatic carbocycles. The summed E-state index contributed by atoms with van der Waals surface area (Å²) in [4.78, 5) is 38.3. The number of amides is 1. The van der Waals surface area contributed by atoms with Gasteiger partial charge in [-0.15, -0.1) is 11.3 Å².